The first-order valence-corrected chi connectivity index (χ1v) is 6.81. The van der Waals surface area contributed by atoms with Gasteiger partial charge in [-0.3, -0.25) is 9.59 Å². The second-order valence-electron chi connectivity index (χ2n) is 5.02. The summed E-state index contributed by atoms with van der Waals surface area (Å²) < 4.78 is 4.71. The van der Waals surface area contributed by atoms with Gasteiger partial charge in [0.05, 0.1) is 19.1 Å². The molecule has 1 aliphatic rings. The van der Waals surface area contributed by atoms with Crippen LogP contribution in [0.2, 0.25) is 0 Å². The number of methoxy groups -OCH3 is 1. The average molecular weight is 303 g/mol. The Morgan fingerprint density at radius 3 is 2.45 bits per heavy atom. The molecule has 0 radical (unpaired) electrons. The number of carbonyl (C=O) groups is 3. The van der Waals surface area contributed by atoms with Crippen LogP contribution >= 0.6 is 0 Å². The zero-order valence-electron chi connectivity index (χ0n) is 12.1. The molecule has 6 nitrogen and oxygen atoms in total. The van der Waals surface area contributed by atoms with Gasteiger partial charge in [-0.1, -0.05) is 36.9 Å². The summed E-state index contributed by atoms with van der Waals surface area (Å²) in [5.74, 6) is -3.05. The maximum atomic E-state index is 12.2. The highest BCUT2D eigenvalue weighted by molar-refractivity contribution is 5.93. The molecule has 0 aliphatic carbocycles. The van der Waals surface area contributed by atoms with Crippen LogP contribution in [0.15, 0.2) is 43.0 Å². The summed E-state index contributed by atoms with van der Waals surface area (Å²) in [5, 5.41) is 9.47. The fourth-order valence-electron chi connectivity index (χ4n) is 2.89. The van der Waals surface area contributed by atoms with E-state index in [-0.39, 0.29) is 6.42 Å². The van der Waals surface area contributed by atoms with Gasteiger partial charge in [0.2, 0.25) is 5.91 Å². The lowest BCUT2D eigenvalue weighted by Gasteiger charge is -2.29. The quantitative estimate of drug-likeness (QED) is 0.671. The molecule has 2 rings (SSSR count). The first-order chi connectivity index (χ1) is 10.5. The molecule has 6 heteroatoms. The summed E-state index contributed by atoms with van der Waals surface area (Å²) >= 11 is 0. The largest absolute Gasteiger partial charge is 0.481 e. The van der Waals surface area contributed by atoms with Crippen molar-refractivity contribution in [1.82, 2.24) is 4.90 Å². The highest BCUT2D eigenvalue weighted by Gasteiger charge is 2.50. The van der Waals surface area contributed by atoms with Crippen molar-refractivity contribution < 1.29 is 24.2 Å². The van der Waals surface area contributed by atoms with Crippen molar-refractivity contribution in [3.8, 4) is 0 Å². The third-order valence-electron chi connectivity index (χ3n) is 3.85. The van der Waals surface area contributed by atoms with Crippen molar-refractivity contribution in [2.75, 3.05) is 7.11 Å². The standard InChI is InChI=1S/C16H17NO5/c1-3-13(18)17-12(16(21)22-2)9-11(15(19)20)14(17)10-7-5-4-6-8-10/h3-8,11-12,14H,1,9H2,2H3,(H,19,20). The minimum absolute atomic E-state index is 0.0150. The number of carboxylic acid groups (broad SMARTS) is 1. The van der Waals surface area contributed by atoms with Crippen molar-refractivity contribution in [2.24, 2.45) is 5.92 Å². The van der Waals surface area contributed by atoms with Crippen LogP contribution in [-0.4, -0.2) is 41.0 Å². The monoisotopic (exact) mass is 303 g/mol. The van der Waals surface area contributed by atoms with Crippen molar-refractivity contribution in [2.45, 2.75) is 18.5 Å². The molecule has 1 N–H and O–H groups in total. The van der Waals surface area contributed by atoms with Crippen LogP contribution in [0.25, 0.3) is 0 Å². The number of esters is 1. The average Bonchev–Trinajstić information content (AvgIpc) is 2.94. The van der Waals surface area contributed by atoms with Crippen LogP contribution in [0, 0.1) is 5.92 Å². The highest BCUT2D eigenvalue weighted by Crippen LogP contribution is 2.41. The van der Waals surface area contributed by atoms with E-state index in [0.717, 1.165) is 6.08 Å². The number of rotatable bonds is 4. The zero-order chi connectivity index (χ0) is 16.3. The van der Waals surface area contributed by atoms with E-state index in [2.05, 4.69) is 6.58 Å². The molecule has 1 aromatic carbocycles. The molecule has 3 atom stereocenters. The Balaban J connectivity index is 2.51. The van der Waals surface area contributed by atoms with E-state index in [1.54, 1.807) is 30.3 Å². The number of likely N-dealkylation sites (tertiary alicyclic amines) is 1. The van der Waals surface area contributed by atoms with Crippen LogP contribution in [0.4, 0.5) is 0 Å². The van der Waals surface area contributed by atoms with Gasteiger partial charge in [0.25, 0.3) is 0 Å². The predicted molar refractivity (Wildman–Crippen MR) is 77.8 cm³/mol. The minimum atomic E-state index is -1.05. The van der Waals surface area contributed by atoms with Crippen LogP contribution < -0.4 is 0 Å². The summed E-state index contributed by atoms with van der Waals surface area (Å²) in [5.41, 5.74) is 0.663. The van der Waals surface area contributed by atoms with Gasteiger partial charge in [-0.25, -0.2) is 4.79 Å². The molecule has 1 fully saturated rings. The lowest BCUT2D eigenvalue weighted by molar-refractivity contribution is -0.151. The zero-order valence-corrected chi connectivity index (χ0v) is 12.1. The van der Waals surface area contributed by atoms with Crippen LogP contribution in [0.1, 0.15) is 18.0 Å². The molecule has 1 amide bonds. The second kappa shape index (κ2) is 6.43. The normalized spacial score (nSPS) is 23.9. The van der Waals surface area contributed by atoms with E-state index >= 15 is 0 Å². The Kier molecular flexibility index (Phi) is 4.60. The van der Waals surface area contributed by atoms with Gasteiger partial charge in [0, 0.05) is 0 Å². The molecular weight excluding hydrogens is 286 g/mol. The molecule has 116 valence electrons. The fourth-order valence-corrected chi connectivity index (χ4v) is 2.89. The summed E-state index contributed by atoms with van der Waals surface area (Å²) in [4.78, 5) is 37.0. The van der Waals surface area contributed by atoms with Crippen LogP contribution in [0.3, 0.4) is 0 Å². The third-order valence-corrected chi connectivity index (χ3v) is 3.85. The number of aliphatic carboxylic acids is 1. The first kappa shape index (κ1) is 15.8. The number of carboxylic acids is 1. The van der Waals surface area contributed by atoms with Crippen molar-refractivity contribution in [3.63, 3.8) is 0 Å². The maximum Gasteiger partial charge on any atom is 0.328 e. The van der Waals surface area contributed by atoms with E-state index in [9.17, 15) is 19.5 Å². The summed E-state index contributed by atoms with van der Waals surface area (Å²) in [6.45, 7) is 3.43. The van der Waals surface area contributed by atoms with Gasteiger partial charge in [-0.05, 0) is 18.1 Å². The van der Waals surface area contributed by atoms with Crippen molar-refractivity contribution in [1.29, 1.82) is 0 Å². The molecular formula is C16H17NO5. The van der Waals surface area contributed by atoms with Crippen molar-refractivity contribution in [3.05, 3.63) is 48.6 Å². The molecule has 3 unspecified atom stereocenters. The molecule has 1 saturated heterocycles. The Hall–Kier alpha value is -2.63. The van der Waals surface area contributed by atoms with E-state index in [1.165, 1.54) is 12.0 Å². The smallest absolute Gasteiger partial charge is 0.328 e. The Labute approximate surface area is 128 Å². The van der Waals surface area contributed by atoms with E-state index in [0.29, 0.717) is 5.56 Å². The lowest BCUT2D eigenvalue weighted by atomic mass is 9.93. The molecule has 1 heterocycles. The minimum Gasteiger partial charge on any atom is -0.481 e. The van der Waals surface area contributed by atoms with Gasteiger partial charge in [0.15, 0.2) is 0 Å². The Bertz CT molecular complexity index is 598. The number of benzene rings is 1. The topological polar surface area (TPSA) is 83.9 Å². The lowest BCUT2D eigenvalue weighted by Crippen LogP contribution is -2.42. The van der Waals surface area contributed by atoms with E-state index in [4.69, 9.17) is 4.74 Å². The second-order valence-corrected chi connectivity index (χ2v) is 5.02. The molecule has 0 spiro atoms. The highest BCUT2D eigenvalue weighted by atomic mass is 16.5. The summed E-state index contributed by atoms with van der Waals surface area (Å²) in [7, 11) is 1.21. The number of amides is 1. The van der Waals surface area contributed by atoms with E-state index < -0.39 is 35.8 Å². The maximum absolute atomic E-state index is 12.2. The Morgan fingerprint density at radius 2 is 1.95 bits per heavy atom. The number of carbonyl (C=O) groups excluding carboxylic acids is 2. The van der Waals surface area contributed by atoms with Gasteiger partial charge in [0.1, 0.15) is 6.04 Å². The third kappa shape index (κ3) is 2.72. The molecule has 1 aromatic rings. The fraction of sp³-hybridized carbons (Fsp3) is 0.312. The number of nitrogens with zero attached hydrogens (tertiary/aromatic N) is 1. The predicted octanol–water partition coefficient (Wildman–Crippen LogP) is 1.39. The van der Waals surface area contributed by atoms with Gasteiger partial charge in [-0.2, -0.15) is 0 Å². The van der Waals surface area contributed by atoms with Gasteiger partial charge in [-0.15, -0.1) is 0 Å². The number of hydrogen-bond donors (Lipinski definition) is 1. The molecule has 0 bridgehead atoms. The van der Waals surface area contributed by atoms with Gasteiger partial charge >= 0.3 is 11.9 Å². The van der Waals surface area contributed by atoms with Crippen molar-refractivity contribution >= 4 is 17.8 Å². The molecule has 0 aromatic heterocycles. The molecule has 22 heavy (non-hydrogen) atoms. The first-order valence-electron chi connectivity index (χ1n) is 6.81. The Morgan fingerprint density at radius 1 is 1.32 bits per heavy atom. The van der Waals surface area contributed by atoms with Crippen LogP contribution in [-0.2, 0) is 19.1 Å². The number of hydrogen-bond acceptors (Lipinski definition) is 4. The molecule has 0 saturated carbocycles. The number of ether oxygens (including phenoxy) is 1. The SMILES string of the molecule is C=CC(=O)N1C(C(=O)OC)CC(C(=O)O)C1c1ccccc1. The van der Waals surface area contributed by atoms with Crippen LogP contribution in [0.5, 0.6) is 0 Å². The summed E-state index contributed by atoms with van der Waals surface area (Å²) in [6, 6.07) is 7.14. The summed E-state index contributed by atoms with van der Waals surface area (Å²) in [6.07, 6.45) is 1.09. The molecule has 1 aliphatic heterocycles. The van der Waals surface area contributed by atoms with Gasteiger partial charge < -0.3 is 14.7 Å². The van der Waals surface area contributed by atoms with E-state index in [1.807, 2.05) is 0 Å².